The van der Waals surface area contributed by atoms with E-state index in [1.807, 2.05) is 0 Å². The molecule has 0 saturated heterocycles. The molecule has 0 spiro atoms. The Morgan fingerprint density at radius 1 is 1.15 bits per heavy atom. The standard InChI is InChI=1S/C17H16N2O6S/c1-24-17(21)11-6-2-5-9-15(11)26(22,23)19-10-14(16(18)20)25-13-8-4-3-7-12(13)19/h2-9,14H,10H2,1H3,(H2,18,20)/t14-/m0/s1. The highest BCUT2D eigenvalue weighted by Crippen LogP contribution is 2.37. The van der Waals surface area contributed by atoms with E-state index in [0.717, 1.165) is 4.31 Å². The average Bonchev–Trinajstić information content (AvgIpc) is 2.66. The van der Waals surface area contributed by atoms with E-state index in [2.05, 4.69) is 4.74 Å². The molecule has 0 unspecified atom stereocenters. The van der Waals surface area contributed by atoms with E-state index in [-0.39, 0.29) is 28.4 Å². The summed E-state index contributed by atoms with van der Waals surface area (Å²) in [4.78, 5) is 23.3. The highest BCUT2D eigenvalue weighted by molar-refractivity contribution is 7.93. The van der Waals surface area contributed by atoms with Gasteiger partial charge in [0.15, 0.2) is 6.10 Å². The van der Waals surface area contributed by atoms with Gasteiger partial charge < -0.3 is 15.2 Å². The van der Waals surface area contributed by atoms with Crippen LogP contribution in [0.5, 0.6) is 5.75 Å². The summed E-state index contributed by atoms with van der Waals surface area (Å²) in [5.41, 5.74) is 5.46. The predicted molar refractivity (Wildman–Crippen MR) is 92.4 cm³/mol. The predicted octanol–water partition coefficient (Wildman–Crippen LogP) is 0.915. The number of hydrogen-bond donors (Lipinski definition) is 1. The van der Waals surface area contributed by atoms with Gasteiger partial charge in [-0.05, 0) is 24.3 Å². The summed E-state index contributed by atoms with van der Waals surface area (Å²) in [5, 5.41) is 0. The fraction of sp³-hybridized carbons (Fsp3) is 0.176. The molecule has 2 aromatic carbocycles. The molecule has 0 saturated carbocycles. The van der Waals surface area contributed by atoms with Crippen LogP contribution in [0.2, 0.25) is 0 Å². The number of hydrogen-bond acceptors (Lipinski definition) is 6. The van der Waals surface area contributed by atoms with Crippen LogP contribution >= 0.6 is 0 Å². The van der Waals surface area contributed by atoms with Crippen LogP contribution in [0.4, 0.5) is 5.69 Å². The van der Waals surface area contributed by atoms with Crippen molar-refractivity contribution in [3.05, 3.63) is 54.1 Å². The second-order valence-corrected chi connectivity index (χ2v) is 7.33. The Balaban J connectivity index is 2.16. The van der Waals surface area contributed by atoms with Gasteiger partial charge in [0, 0.05) is 0 Å². The molecule has 1 heterocycles. The number of carbonyl (C=O) groups excluding carboxylic acids is 2. The quantitative estimate of drug-likeness (QED) is 0.793. The summed E-state index contributed by atoms with van der Waals surface area (Å²) >= 11 is 0. The number of benzene rings is 2. The van der Waals surface area contributed by atoms with E-state index in [1.165, 1.54) is 31.4 Å². The molecule has 0 aromatic heterocycles. The van der Waals surface area contributed by atoms with Crippen molar-refractivity contribution in [2.75, 3.05) is 18.0 Å². The van der Waals surface area contributed by atoms with Crippen LogP contribution < -0.4 is 14.8 Å². The molecule has 26 heavy (non-hydrogen) atoms. The largest absolute Gasteiger partial charge is 0.476 e. The molecular weight excluding hydrogens is 360 g/mol. The van der Waals surface area contributed by atoms with E-state index < -0.39 is 28.0 Å². The van der Waals surface area contributed by atoms with Gasteiger partial charge >= 0.3 is 5.97 Å². The smallest absolute Gasteiger partial charge is 0.339 e. The third kappa shape index (κ3) is 2.97. The highest BCUT2D eigenvalue weighted by atomic mass is 32.2. The second kappa shape index (κ2) is 6.68. The van der Waals surface area contributed by atoms with Gasteiger partial charge in [0.25, 0.3) is 15.9 Å². The topological polar surface area (TPSA) is 116 Å². The van der Waals surface area contributed by atoms with Gasteiger partial charge in [0.1, 0.15) is 10.6 Å². The van der Waals surface area contributed by atoms with Crippen LogP contribution in [0, 0.1) is 0 Å². The lowest BCUT2D eigenvalue weighted by atomic mass is 10.2. The van der Waals surface area contributed by atoms with Gasteiger partial charge in [0.05, 0.1) is 24.9 Å². The van der Waals surface area contributed by atoms with E-state index in [0.29, 0.717) is 0 Å². The monoisotopic (exact) mass is 376 g/mol. The van der Waals surface area contributed by atoms with Crippen LogP contribution in [-0.2, 0) is 19.6 Å². The van der Waals surface area contributed by atoms with Gasteiger partial charge in [-0.3, -0.25) is 9.10 Å². The maximum absolute atomic E-state index is 13.3. The van der Waals surface area contributed by atoms with Gasteiger partial charge in [-0.2, -0.15) is 0 Å². The van der Waals surface area contributed by atoms with Gasteiger partial charge in [0.2, 0.25) is 0 Å². The molecular formula is C17H16N2O6S. The number of rotatable bonds is 4. The van der Waals surface area contributed by atoms with E-state index in [9.17, 15) is 18.0 Å². The lowest BCUT2D eigenvalue weighted by molar-refractivity contribution is -0.124. The van der Waals surface area contributed by atoms with Crippen molar-refractivity contribution < 1.29 is 27.5 Å². The number of fused-ring (bicyclic) bond motifs is 1. The Bertz CT molecular complexity index is 973. The van der Waals surface area contributed by atoms with Crippen LogP contribution in [0.25, 0.3) is 0 Å². The molecule has 0 bridgehead atoms. The summed E-state index contributed by atoms with van der Waals surface area (Å²) in [6.07, 6.45) is -1.15. The minimum absolute atomic E-state index is 0.102. The molecule has 2 N–H and O–H groups in total. The Labute approximate surface area is 150 Å². The molecule has 1 atom stereocenters. The van der Waals surface area contributed by atoms with Crippen molar-refractivity contribution in [2.45, 2.75) is 11.0 Å². The minimum Gasteiger partial charge on any atom is -0.476 e. The van der Waals surface area contributed by atoms with Crippen molar-refractivity contribution in [3.8, 4) is 5.75 Å². The highest BCUT2D eigenvalue weighted by Gasteiger charge is 2.38. The SMILES string of the molecule is COC(=O)c1ccccc1S(=O)(=O)N1C[C@@H](C(N)=O)Oc2ccccc21. The molecule has 1 amide bonds. The molecule has 8 nitrogen and oxygen atoms in total. The second-order valence-electron chi connectivity index (χ2n) is 5.50. The van der Waals surface area contributed by atoms with E-state index in [1.54, 1.807) is 24.3 Å². The fourth-order valence-corrected chi connectivity index (χ4v) is 4.33. The first-order valence-corrected chi connectivity index (χ1v) is 9.05. The molecule has 1 aliphatic rings. The first-order valence-electron chi connectivity index (χ1n) is 7.61. The number of para-hydroxylation sites is 2. The van der Waals surface area contributed by atoms with Crippen LogP contribution in [0.1, 0.15) is 10.4 Å². The number of ether oxygens (including phenoxy) is 2. The number of sulfonamides is 1. The first-order chi connectivity index (χ1) is 12.4. The van der Waals surface area contributed by atoms with E-state index >= 15 is 0 Å². The zero-order chi connectivity index (χ0) is 18.9. The summed E-state index contributed by atoms with van der Waals surface area (Å²) in [6.45, 7) is -0.301. The maximum Gasteiger partial charge on any atom is 0.339 e. The van der Waals surface area contributed by atoms with Crippen molar-refractivity contribution in [1.82, 2.24) is 0 Å². The van der Waals surface area contributed by atoms with Crippen LogP contribution in [-0.4, -0.2) is 40.1 Å². The third-order valence-electron chi connectivity index (χ3n) is 3.91. The summed E-state index contributed by atoms with van der Waals surface area (Å²) in [7, 11) is -3.02. The number of esters is 1. The molecule has 3 rings (SSSR count). The Hall–Kier alpha value is -3.07. The zero-order valence-electron chi connectivity index (χ0n) is 13.8. The number of nitrogens with two attached hydrogens (primary N) is 1. The van der Waals surface area contributed by atoms with Gasteiger partial charge in [-0.15, -0.1) is 0 Å². The summed E-state index contributed by atoms with van der Waals surface area (Å²) in [5.74, 6) is -1.36. The maximum atomic E-state index is 13.3. The number of carbonyl (C=O) groups is 2. The molecule has 2 aromatic rings. The molecule has 0 fully saturated rings. The number of anilines is 1. The number of amides is 1. The lowest BCUT2D eigenvalue weighted by Crippen LogP contribution is -2.49. The van der Waals surface area contributed by atoms with Crippen molar-refractivity contribution in [3.63, 3.8) is 0 Å². The molecule has 136 valence electrons. The van der Waals surface area contributed by atoms with Gasteiger partial charge in [-0.1, -0.05) is 24.3 Å². The molecule has 0 aliphatic carbocycles. The summed E-state index contributed by atoms with van der Waals surface area (Å²) < 4.78 is 37.7. The number of methoxy groups -OCH3 is 1. The first kappa shape index (κ1) is 17.7. The molecule has 1 aliphatic heterocycles. The Morgan fingerprint density at radius 2 is 1.81 bits per heavy atom. The molecule has 0 radical (unpaired) electrons. The fourth-order valence-electron chi connectivity index (χ4n) is 2.67. The van der Waals surface area contributed by atoms with Crippen molar-refractivity contribution >= 4 is 27.6 Å². The van der Waals surface area contributed by atoms with Crippen LogP contribution in [0.15, 0.2) is 53.4 Å². The zero-order valence-corrected chi connectivity index (χ0v) is 14.6. The van der Waals surface area contributed by atoms with Crippen molar-refractivity contribution in [2.24, 2.45) is 5.73 Å². The Kier molecular flexibility index (Phi) is 4.56. The Morgan fingerprint density at radius 3 is 2.50 bits per heavy atom. The van der Waals surface area contributed by atoms with E-state index in [4.69, 9.17) is 10.5 Å². The normalized spacial score (nSPS) is 16.3. The lowest BCUT2D eigenvalue weighted by Gasteiger charge is -2.34. The van der Waals surface area contributed by atoms with Crippen molar-refractivity contribution in [1.29, 1.82) is 0 Å². The number of nitrogens with zero attached hydrogens (tertiary/aromatic N) is 1. The third-order valence-corrected chi connectivity index (χ3v) is 5.75. The molecule has 9 heteroatoms. The average molecular weight is 376 g/mol. The summed E-state index contributed by atoms with van der Waals surface area (Å²) in [6, 6.07) is 12.1. The van der Waals surface area contributed by atoms with Crippen LogP contribution in [0.3, 0.4) is 0 Å². The number of primary amides is 1. The minimum atomic E-state index is -4.18. The van der Waals surface area contributed by atoms with Gasteiger partial charge in [-0.25, -0.2) is 13.2 Å².